The van der Waals surface area contributed by atoms with Crippen molar-refractivity contribution in [2.45, 2.75) is 97.6 Å². The van der Waals surface area contributed by atoms with Crippen molar-refractivity contribution >= 4 is 33.8 Å². The summed E-state index contributed by atoms with van der Waals surface area (Å²) >= 11 is 0. The molecule has 0 N–H and O–H groups in total. The van der Waals surface area contributed by atoms with Crippen molar-refractivity contribution in [3.05, 3.63) is 0 Å². The normalized spacial score (nSPS) is 16.0. The highest BCUT2D eigenvalue weighted by Crippen LogP contribution is 2.37. The third kappa shape index (κ3) is 9.79. The quantitative estimate of drug-likeness (QED) is 0.431. The van der Waals surface area contributed by atoms with Gasteiger partial charge in [-0.15, -0.1) is 0 Å². The van der Waals surface area contributed by atoms with Crippen molar-refractivity contribution in [2.75, 3.05) is 0 Å². The molecule has 134 valence electrons. The van der Waals surface area contributed by atoms with Crippen LogP contribution in [0.4, 0.5) is 0 Å². The standard InChI is InChI=1S/C15H40O3Si4/c1-12-13-14-15(2)22(16-19(3,4)5,17-20(6,7)8)18-21(9,10)11/h15H,12-14H2,1-11H3. The lowest BCUT2D eigenvalue weighted by Crippen LogP contribution is -2.62. The minimum atomic E-state index is -2.66. The molecule has 1 atom stereocenters. The van der Waals surface area contributed by atoms with Crippen LogP contribution in [0.2, 0.25) is 64.5 Å². The summed E-state index contributed by atoms with van der Waals surface area (Å²) < 4.78 is 20.2. The number of hydrogen-bond acceptors (Lipinski definition) is 3. The Morgan fingerprint density at radius 2 is 1.00 bits per heavy atom. The van der Waals surface area contributed by atoms with Gasteiger partial charge in [-0.1, -0.05) is 26.7 Å². The molecule has 0 saturated heterocycles. The molecule has 0 fully saturated rings. The van der Waals surface area contributed by atoms with E-state index in [-0.39, 0.29) is 0 Å². The van der Waals surface area contributed by atoms with Crippen LogP contribution in [0.1, 0.15) is 33.1 Å². The van der Waals surface area contributed by atoms with Gasteiger partial charge in [0.1, 0.15) is 0 Å². The van der Waals surface area contributed by atoms with Crippen molar-refractivity contribution in [1.82, 2.24) is 0 Å². The van der Waals surface area contributed by atoms with E-state index in [0.29, 0.717) is 5.54 Å². The summed E-state index contributed by atoms with van der Waals surface area (Å²) in [5, 5.41) is 0. The highest BCUT2D eigenvalue weighted by atomic mass is 28.5. The molecule has 0 aliphatic heterocycles. The Bertz CT molecular complexity index is 288. The molecule has 0 aromatic rings. The van der Waals surface area contributed by atoms with Crippen molar-refractivity contribution in [2.24, 2.45) is 0 Å². The van der Waals surface area contributed by atoms with Crippen LogP contribution >= 0.6 is 0 Å². The average molecular weight is 381 g/mol. The molecule has 0 aliphatic rings. The van der Waals surface area contributed by atoms with Crippen LogP contribution in [0.5, 0.6) is 0 Å². The molecule has 22 heavy (non-hydrogen) atoms. The molecule has 0 heterocycles. The molecule has 7 heteroatoms. The van der Waals surface area contributed by atoms with Gasteiger partial charge in [-0.3, -0.25) is 0 Å². The zero-order valence-electron chi connectivity index (χ0n) is 16.9. The van der Waals surface area contributed by atoms with Gasteiger partial charge in [0.05, 0.1) is 0 Å². The first-order valence-corrected chi connectivity index (χ1v) is 20.7. The average Bonchev–Trinajstić information content (AvgIpc) is 2.17. The molecule has 0 bridgehead atoms. The van der Waals surface area contributed by atoms with Crippen LogP contribution in [0.3, 0.4) is 0 Å². The Labute approximate surface area is 143 Å². The topological polar surface area (TPSA) is 27.7 Å². The third-order valence-electron chi connectivity index (χ3n) is 2.94. The third-order valence-corrected chi connectivity index (χ3v) is 15.2. The van der Waals surface area contributed by atoms with Crippen molar-refractivity contribution in [3.8, 4) is 0 Å². The fraction of sp³-hybridized carbons (Fsp3) is 1.00. The van der Waals surface area contributed by atoms with Crippen molar-refractivity contribution < 1.29 is 12.3 Å². The molecule has 0 amide bonds. The van der Waals surface area contributed by atoms with E-state index in [1.165, 1.54) is 12.8 Å². The highest BCUT2D eigenvalue weighted by molar-refractivity contribution is 6.90. The Balaban J connectivity index is 5.67. The molecule has 0 radical (unpaired) electrons. The van der Waals surface area contributed by atoms with E-state index in [0.717, 1.165) is 6.42 Å². The minimum Gasteiger partial charge on any atom is -0.417 e. The Morgan fingerprint density at radius 1 is 0.682 bits per heavy atom. The van der Waals surface area contributed by atoms with Crippen LogP contribution in [0.15, 0.2) is 0 Å². The molecule has 0 saturated carbocycles. The number of rotatable bonds is 10. The highest BCUT2D eigenvalue weighted by Gasteiger charge is 2.53. The predicted molar refractivity (Wildman–Crippen MR) is 108 cm³/mol. The first kappa shape index (κ1) is 22.7. The minimum absolute atomic E-state index is 0.387. The van der Waals surface area contributed by atoms with E-state index >= 15 is 0 Å². The molecular weight excluding hydrogens is 341 g/mol. The number of unbranched alkanes of at least 4 members (excludes halogenated alkanes) is 1. The summed E-state index contributed by atoms with van der Waals surface area (Å²) in [6.45, 7) is 24.8. The maximum atomic E-state index is 6.74. The van der Waals surface area contributed by atoms with E-state index < -0.39 is 33.8 Å². The maximum absolute atomic E-state index is 6.74. The van der Waals surface area contributed by atoms with Gasteiger partial charge in [0.15, 0.2) is 25.0 Å². The molecule has 0 aromatic heterocycles. The molecule has 1 unspecified atom stereocenters. The van der Waals surface area contributed by atoms with Gasteiger partial charge in [0.25, 0.3) is 0 Å². The van der Waals surface area contributed by atoms with Gasteiger partial charge in [0, 0.05) is 5.54 Å². The zero-order valence-corrected chi connectivity index (χ0v) is 20.9. The van der Waals surface area contributed by atoms with Gasteiger partial charge in [-0.25, -0.2) is 0 Å². The van der Waals surface area contributed by atoms with Crippen LogP contribution in [-0.4, -0.2) is 33.8 Å². The molecule has 0 spiro atoms. The Kier molecular flexibility index (Phi) is 8.50. The van der Waals surface area contributed by atoms with Crippen molar-refractivity contribution in [3.63, 3.8) is 0 Å². The second-order valence-electron chi connectivity index (χ2n) is 9.29. The first-order valence-electron chi connectivity index (χ1n) is 8.71. The van der Waals surface area contributed by atoms with E-state index in [2.05, 4.69) is 72.8 Å². The Hall–Kier alpha value is 0.748. The van der Waals surface area contributed by atoms with E-state index in [4.69, 9.17) is 12.3 Å². The van der Waals surface area contributed by atoms with E-state index in [1.807, 2.05) is 0 Å². The predicted octanol–water partition coefficient (Wildman–Crippen LogP) is 6.06. The van der Waals surface area contributed by atoms with E-state index in [9.17, 15) is 0 Å². The van der Waals surface area contributed by atoms with E-state index in [1.54, 1.807) is 0 Å². The largest absolute Gasteiger partial charge is 0.472 e. The van der Waals surface area contributed by atoms with Gasteiger partial charge in [0.2, 0.25) is 0 Å². The van der Waals surface area contributed by atoms with Crippen LogP contribution in [0.25, 0.3) is 0 Å². The molecule has 0 aromatic carbocycles. The summed E-state index contributed by atoms with van der Waals surface area (Å²) in [5.74, 6) is 0. The molecule has 0 aliphatic carbocycles. The maximum Gasteiger partial charge on any atom is 0.472 e. The fourth-order valence-corrected chi connectivity index (χ4v) is 17.2. The summed E-state index contributed by atoms with van der Waals surface area (Å²) in [6, 6.07) is 0. The zero-order chi connectivity index (χ0) is 17.8. The van der Waals surface area contributed by atoms with Gasteiger partial charge >= 0.3 is 8.80 Å². The molecule has 0 rings (SSSR count). The van der Waals surface area contributed by atoms with Crippen molar-refractivity contribution in [1.29, 1.82) is 0 Å². The Morgan fingerprint density at radius 3 is 1.23 bits per heavy atom. The lowest BCUT2D eigenvalue weighted by molar-refractivity contribution is 0.233. The number of hydrogen-bond donors (Lipinski definition) is 0. The van der Waals surface area contributed by atoms with Crippen LogP contribution < -0.4 is 0 Å². The van der Waals surface area contributed by atoms with Gasteiger partial charge in [-0.2, -0.15) is 0 Å². The molecular formula is C15H40O3Si4. The van der Waals surface area contributed by atoms with Crippen LogP contribution in [-0.2, 0) is 12.3 Å². The second kappa shape index (κ2) is 8.22. The lowest BCUT2D eigenvalue weighted by atomic mass is 10.2. The van der Waals surface area contributed by atoms with Crippen LogP contribution in [0, 0.1) is 0 Å². The summed E-state index contributed by atoms with van der Waals surface area (Å²) in [7, 11) is -7.87. The summed E-state index contributed by atoms with van der Waals surface area (Å²) in [4.78, 5) is 0. The van der Waals surface area contributed by atoms with Gasteiger partial charge < -0.3 is 12.3 Å². The summed E-state index contributed by atoms with van der Waals surface area (Å²) in [5.41, 5.74) is 0.387. The smallest absolute Gasteiger partial charge is 0.417 e. The molecule has 3 nitrogen and oxygen atoms in total. The first-order chi connectivity index (χ1) is 9.60. The fourth-order valence-electron chi connectivity index (χ4n) is 2.33. The summed E-state index contributed by atoms with van der Waals surface area (Å²) in [6.07, 6.45) is 3.57. The second-order valence-corrected chi connectivity index (χ2v) is 26.6. The van der Waals surface area contributed by atoms with Gasteiger partial charge in [-0.05, 0) is 65.3 Å². The SMILES string of the molecule is CCCCC(C)[Si](O[Si](C)(C)C)(O[Si](C)(C)C)O[Si](C)(C)C. The lowest BCUT2D eigenvalue weighted by Gasteiger charge is -2.45. The monoisotopic (exact) mass is 380 g/mol.